The van der Waals surface area contributed by atoms with Crippen LogP contribution in [0.25, 0.3) is 0 Å². The highest BCUT2D eigenvalue weighted by atomic mass is 32.1. The van der Waals surface area contributed by atoms with E-state index >= 15 is 0 Å². The van der Waals surface area contributed by atoms with Crippen molar-refractivity contribution in [1.29, 1.82) is 0 Å². The standard InChI is InChI=1S/C14H15F3N2O2S/c15-14(16,17)13(21)18-9-5-7-19(8-6-9)12(20)10-3-1-2-4-11(10)22/h1-4,9,22H,5-8H2,(H,18,21). The summed E-state index contributed by atoms with van der Waals surface area (Å²) in [6, 6.07) is 6.28. The van der Waals surface area contributed by atoms with Gasteiger partial charge in [0.1, 0.15) is 0 Å². The van der Waals surface area contributed by atoms with E-state index in [2.05, 4.69) is 12.6 Å². The summed E-state index contributed by atoms with van der Waals surface area (Å²) in [5.41, 5.74) is 0.462. The molecule has 2 amide bonds. The summed E-state index contributed by atoms with van der Waals surface area (Å²) in [6.45, 7) is 0.591. The lowest BCUT2D eigenvalue weighted by molar-refractivity contribution is -0.174. The van der Waals surface area contributed by atoms with Crippen LogP contribution in [0.5, 0.6) is 0 Å². The number of thiol groups is 1. The van der Waals surface area contributed by atoms with Gasteiger partial charge in [-0.25, -0.2) is 0 Å². The van der Waals surface area contributed by atoms with Crippen molar-refractivity contribution in [2.75, 3.05) is 13.1 Å². The molecule has 8 heteroatoms. The molecule has 22 heavy (non-hydrogen) atoms. The van der Waals surface area contributed by atoms with E-state index in [1.165, 1.54) is 0 Å². The Morgan fingerprint density at radius 2 is 1.77 bits per heavy atom. The first-order valence-corrected chi connectivity index (χ1v) is 7.18. The molecule has 0 aromatic heterocycles. The Bertz CT molecular complexity index is 569. The predicted molar refractivity (Wildman–Crippen MR) is 76.8 cm³/mol. The average Bonchev–Trinajstić information content (AvgIpc) is 2.47. The molecule has 1 heterocycles. The molecular formula is C14H15F3N2O2S. The van der Waals surface area contributed by atoms with Crippen LogP contribution in [-0.2, 0) is 4.79 Å². The predicted octanol–water partition coefficient (Wildman–Crippen LogP) is 2.26. The molecule has 0 spiro atoms. The van der Waals surface area contributed by atoms with Crippen molar-refractivity contribution >= 4 is 24.4 Å². The highest BCUT2D eigenvalue weighted by Crippen LogP contribution is 2.20. The topological polar surface area (TPSA) is 49.4 Å². The highest BCUT2D eigenvalue weighted by Gasteiger charge is 2.40. The number of nitrogens with one attached hydrogen (secondary N) is 1. The smallest absolute Gasteiger partial charge is 0.345 e. The summed E-state index contributed by atoms with van der Waals surface area (Å²) in [5.74, 6) is -2.14. The maximum atomic E-state index is 12.3. The van der Waals surface area contributed by atoms with E-state index in [-0.39, 0.29) is 5.91 Å². The number of amides is 2. The van der Waals surface area contributed by atoms with Gasteiger partial charge < -0.3 is 10.2 Å². The van der Waals surface area contributed by atoms with Crippen LogP contribution in [-0.4, -0.2) is 42.0 Å². The minimum absolute atomic E-state index is 0.203. The molecule has 0 atom stereocenters. The summed E-state index contributed by atoms with van der Waals surface area (Å²) in [7, 11) is 0. The van der Waals surface area contributed by atoms with Crippen LogP contribution in [0.3, 0.4) is 0 Å². The molecule has 1 fully saturated rings. The first-order chi connectivity index (χ1) is 10.3. The normalized spacial score (nSPS) is 16.5. The Kier molecular flexibility index (Phi) is 5.00. The molecule has 1 aliphatic heterocycles. The van der Waals surface area contributed by atoms with Gasteiger partial charge in [0.05, 0.1) is 5.56 Å². The fourth-order valence-electron chi connectivity index (χ4n) is 2.32. The van der Waals surface area contributed by atoms with E-state index in [1.54, 1.807) is 29.2 Å². The van der Waals surface area contributed by atoms with Crippen LogP contribution in [0, 0.1) is 0 Å². The fraction of sp³-hybridized carbons (Fsp3) is 0.429. The number of halogens is 3. The molecule has 1 aromatic rings. The molecule has 1 aliphatic rings. The lowest BCUT2D eigenvalue weighted by Crippen LogP contribution is -2.49. The number of likely N-dealkylation sites (tertiary alicyclic amines) is 1. The van der Waals surface area contributed by atoms with Gasteiger partial charge in [-0.1, -0.05) is 12.1 Å². The van der Waals surface area contributed by atoms with E-state index in [4.69, 9.17) is 0 Å². The SMILES string of the molecule is O=C(c1ccccc1S)N1CCC(NC(=O)C(F)(F)F)CC1. The molecule has 2 rings (SSSR count). The third kappa shape index (κ3) is 3.94. The number of piperidine rings is 1. The van der Waals surface area contributed by atoms with Crippen molar-refractivity contribution in [3.8, 4) is 0 Å². The number of alkyl halides is 3. The maximum Gasteiger partial charge on any atom is 0.471 e. The van der Waals surface area contributed by atoms with Crippen molar-refractivity contribution in [3.63, 3.8) is 0 Å². The molecule has 120 valence electrons. The third-order valence-electron chi connectivity index (χ3n) is 3.51. The van der Waals surface area contributed by atoms with Crippen molar-refractivity contribution < 1.29 is 22.8 Å². The van der Waals surface area contributed by atoms with Crippen molar-refractivity contribution in [2.45, 2.75) is 30.0 Å². The fourth-order valence-corrected chi connectivity index (χ4v) is 2.58. The molecule has 1 saturated heterocycles. The quantitative estimate of drug-likeness (QED) is 0.816. The number of rotatable bonds is 2. The Hall–Kier alpha value is -1.70. The Morgan fingerprint density at radius 1 is 1.18 bits per heavy atom. The second-order valence-corrected chi connectivity index (χ2v) is 5.54. The average molecular weight is 332 g/mol. The first-order valence-electron chi connectivity index (χ1n) is 6.74. The largest absolute Gasteiger partial charge is 0.471 e. The van der Waals surface area contributed by atoms with Gasteiger partial charge in [0.2, 0.25) is 0 Å². The van der Waals surface area contributed by atoms with Crippen molar-refractivity contribution in [2.24, 2.45) is 0 Å². The Balaban J connectivity index is 1.91. The van der Waals surface area contributed by atoms with Gasteiger partial charge in [0.25, 0.3) is 5.91 Å². The molecular weight excluding hydrogens is 317 g/mol. The number of nitrogens with zero attached hydrogens (tertiary/aromatic N) is 1. The minimum Gasteiger partial charge on any atom is -0.345 e. The summed E-state index contributed by atoms with van der Waals surface area (Å²) < 4.78 is 36.6. The summed E-state index contributed by atoms with van der Waals surface area (Å²) in [5, 5.41) is 1.95. The third-order valence-corrected chi connectivity index (χ3v) is 3.90. The van der Waals surface area contributed by atoms with Gasteiger partial charge in [-0.2, -0.15) is 13.2 Å². The lowest BCUT2D eigenvalue weighted by atomic mass is 10.0. The minimum atomic E-state index is -4.88. The summed E-state index contributed by atoms with van der Waals surface area (Å²) in [4.78, 5) is 25.3. The Morgan fingerprint density at radius 3 is 2.32 bits per heavy atom. The van der Waals surface area contributed by atoms with Gasteiger partial charge in [0.15, 0.2) is 0 Å². The summed E-state index contributed by atoms with van der Waals surface area (Å²) in [6.07, 6.45) is -4.29. The highest BCUT2D eigenvalue weighted by molar-refractivity contribution is 7.80. The molecule has 4 nitrogen and oxygen atoms in total. The second kappa shape index (κ2) is 6.60. The monoisotopic (exact) mass is 332 g/mol. The second-order valence-electron chi connectivity index (χ2n) is 5.05. The first kappa shape index (κ1) is 16.7. The van der Waals surface area contributed by atoms with Crippen LogP contribution in [0.2, 0.25) is 0 Å². The van der Waals surface area contributed by atoms with Crippen LogP contribution in [0.15, 0.2) is 29.2 Å². The van der Waals surface area contributed by atoms with E-state index in [1.807, 2.05) is 5.32 Å². The number of benzene rings is 1. The summed E-state index contributed by atoms with van der Waals surface area (Å²) >= 11 is 4.22. The molecule has 0 unspecified atom stereocenters. The van der Waals surface area contributed by atoms with Crippen LogP contribution < -0.4 is 5.32 Å². The van der Waals surface area contributed by atoms with Crippen LogP contribution in [0.1, 0.15) is 23.2 Å². The number of carbonyl (C=O) groups is 2. The van der Waals surface area contributed by atoms with E-state index < -0.39 is 18.1 Å². The van der Waals surface area contributed by atoms with Crippen LogP contribution in [0.4, 0.5) is 13.2 Å². The number of hydrogen-bond donors (Lipinski definition) is 2. The van der Waals surface area contributed by atoms with Crippen molar-refractivity contribution in [1.82, 2.24) is 10.2 Å². The molecule has 0 bridgehead atoms. The Labute approximate surface area is 131 Å². The number of carbonyl (C=O) groups excluding carboxylic acids is 2. The maximum absolute atomic E-state index is 12.3. The molecule has 0 radical (unpaired) electrons. The zero-order chi connectivity index (χ0) is 16.3. The molecule has 0 saturated carbocycles. The number of hydrogen-bond acceptors (Lipinski definition) is 3. The zero-order valence-corrected chi connectivity index (χ0v) is 12.5. The van der Waals surface area contributed by atoms with Crippen LogP contribution >= 0.6 is 12.6 Å². The van der Waals surface area contributed by atoms with Gasteiger partial charge >= 0.3 is 12.1 Å². The zero-order valence-electron chi connectivity index (χ0n) is 11.6. The molecule has 0 aliphatic carbocycles. The van der Waals surface area contributed by atoms with E-state index in [0.717, 1.165) is 0 Å². The van der Waals surface area contributed by atoms with E-state index in [9.17, 15) is 22.8 Å². The molecule has 1 N–H and O–H groups in total. The van der Waals surface area contributed by atoms with E-state index in [0.29, 0.717) is 36.4 Å². The van der Waals surface area contributed by atoms with Gasteiger partial charge in [0, 0.05) is 24.0 Å². The van der Waals surface area contributed by atoms with Crippen molar-refractivity contribution in [3.05, 3.63) is 29.8 Å². The lowest BCUT2D eigenvalue weighted by Gasteiger charge is -2.32. The van der Waals surface area contributed by atoms with Gasteiger partial charge in [-0.05, 0) is 25.0 Å². The van der Waals surface area contributed by atoms with Gasteiger partial charge in [-0.3, -0.25) is 9.59 Å². The van der Waals surface area contributed by atoms with Gasteiger partial charge in [-0.15, -0.1) is 12.6 Å². The molecule has 1 aromatic carbocycles.